The number of halogens is 1. The number of nitro groups is 1. The number of hydrogen-bond donors (Lipinski definition) is 0. The lowest BCUT2D eigenvalue weighted by Crippen LogP contribution is -2.11. The summed E-state index contributed by atoms with van der Waals surface area (Å²) in [4.78, 5) is 11.8. The molecule has 2 aromatic rings. The first-order valence-electron chi connectivity index (χ1n) is 6.44. The van der Waals surface area contributed by atoms with Gasteiger partial charge in [-0.2, -0.15) is 0 Å². The molecule has 0 bridgehead atoms. The van der Waals surface area contributed by atoms with E-state index in [-0.39, 0.29) is 22.4 Å². The smallest absolute Gasteiger partial charge is 0.312 e. The number of para-hydroxylation sites is 1. The quantitative estimate of drug-likeness (QED) is 0.614. The van der Waals surface area contributed by atoms with E-state index in [2.05, 4.69) is 12.1 Å². The van der Waals surface area contributed by atoms with Crippen molar-refractivity contribution in [3.63, 3.8) is 0 Å². The maximum absolute atomic E-state index is 11.0. The van der Waals surface area contributed by atoms with Crippen LogP contribution in [0.5, 0.6) is 5.75 Å². The van der Waals surface area contributed by atoms with Crippen LogP contribution in [0.3, 0.4) is 0 Å². The van der Waals surface area contributed by atoms with Crippen LogP contribution in [0, 0.1) is 10.1 Å². The highest BCUT2D eigenvalue weighted by Crippen LogP contribution is 2.41. The van der Waals surface area contributed by atoms with Gasteiger partial charge in [-0.25, -0.2) is 0 Å². The number of thioether (sulfide) groups is 1. The summed E-state index contributed by atoms with van der Waals surface area (Å²) in [5.41, 5.74) is 1.14. The fraction of sp³-hybridized carbons (Fsp3) is 0.200. The molecule has 0 radical (unpaired) electrons. The highest BCUT2D eigenvalue weighted by molar-refractivity contribution is 7.99. The number of nitrogens with zero attached hydrogens (tertiary/aromatic N) is 1. The summed E-state index contributed by atoms with van der Waals surface area (Å²) < 4.78 is 5.68. The standard InChI is InChI=1S/C15H12ClNO3S/c16-12-5-3-6-13(17(18)19)15(12)20-8-10-9-21-14-7-2-1-4-11(10)14/h1-7,10H,8-9H2. The third-order valence-corrected chi connectivity index (χ3v) is 4.92. The minimum atomic E-state index is -0.474. The average Bonchev–Trinajstić information content (AvgIpc) is 2.89. The van der Waals surface area contributed by atoms with Crippen molar-refractivity contribution in [1.82, 2.24) is 0 Å². The Balaban J connectivity index is 1.79. The van der Waals surface area contributed by atoms with Crippen molar-refractivity contribution in [2.24, 2.45) is 0 Å². The molecule has 108 valence electrons. The first-order valence-corrected chi connectivity index (χ1v) is 7.80. The lowest BCUT2D eigenvalue weighted by molar-refractivity contribution is -0.385. The van der Waals surface area contributed by atoms with Gasteiger partial charge in [0.15, 0.2) is 0 Å². The third-order valence-electron chi connectivity index (χ3n) is 3.37. The summed E-state index contributed by atoms with van der Waals surface area (Å²) in [6, 6.07) is 12.7. The number of benzene rings is 2. The molecule has 0 aromatic heterocycles. The molecule has 3 rings (SSSR count). The van der Waals surface area contributed by atoms with E-state index in [0.717, 1.165) is 5.75 Å². The number of ether oxygens (including phenoxy) is 1. The Kier molecular flexibility index (Phi) is 4.03. The summed E-state index contributed by atoms with van der Waals surface area (Å²) >= 11 is 7.80. The van der Waals surface area contributed by atoms with E-state index in [0.29, 0.717) is 6.61 Å². The molecule has 0 saturated carbocycles. The maximum atomic E-state index is 11.0. The fourth-order valence-corrected chi connectivity index (χ4v) is 3.79. The molecule has 0 N–H and O–H groups in total. The molecule has 2 aromatic carbocycles. The molecule has 0 fully saturated rings. The van der Waals surface area contributed by atoms with Gasteiger partial charge in [-0.15, -0.1) is 11.8 Å². The molecular formula is C15H12ClNO3S. The predicted molar refractivity (Wildman–Crippen MR) is 83.5 cm³/mol. The van der Waals surface area contributed by atoms with Gasteiger partial charge >= 0.3 is 5.69 Å². The molecule has 21 heavy (non-hydrogen) atoms. The predicted octanol–water partition coefficient (Wildman–Crippen LogP) is 4.52. The van der Waals surface area contributed by atoms with Gasteiger partial charge in [-0.3, -0.25) is 10.1 Å². The molecule has 4 nitrogen and oxygen atoms in total. The van der Waals surface area contributed by atoms with Crippen LogP contribution in [0.15, 0.2) is 47.4 Å². The Hall–Kier alpha value is -1.72. The van der Waals surface area contributed by atoms with Crippen molar-refractivity contribution < 1.29 is 9.66 Å². The van der Waals surface area contributed by atoms with E-state index in [4.69, 9.17) is 16.3 Å². The first-order chi connectivity index (χ1) is 10.2. The van der Waals surface area contributed by atoms with E-state index in [9.17, 15) is 10.1 Å². The van der Waals surface area contributed by atoms with Crippen LogP contribution in [-0.2, 0) is 0 Å². The minimum absolute atomic E-state index is 0.0959. The van der Waals surface area contributed by atoms with E-state index < -0.39 is 4.92 Å². The second kappa shape index (κ2) is 5.95. The second-order valence-corrected chi connectivity index (χ2v) is 6.17. The van der Waals surface area contributed by atoms with Crippen molar-refractivity contribution in [2.45, 2.75) is 10.8 Å². The van der Waals surface area contributed by atoms with Gasteiger partial charge in [0.2, 0.25) is 5.75 Å². The number of hydrogen-bond acceptors (Lipinski definition) is 4. The molecule has 6 heteroatoms. The normalized spacial score (nSPS) is 16.5. The van der Waals surface area contributed by atoms with Gasteiger partial charge in [-0.05, 0) is 17.7 Å². The Morgan fingerprint density at radius 3 is 2.90 bits per heavy atom. The molecule has 1 unspecified atom stereocenters. The highest BCUT2D eigenvalue weighted by atomic mass is 35.5. The molecule has 1 heterocycles. The van der Waals surface area contributed by atoms with E-state index in [1.165, 1.54) is 16.5 Å². The summed E-state index contributed by atoms with van der Waals surface area (Å²) in [5.74, 6) is 1.29. The summed E-state index contributed by atoms with van der Waals surface area (Å²) in [6.45, 7) is 0.384. The zero-order valence-corrected chi connectivity index (χ0v) is 12.6. The van der Waals surface area contributed by atoms with Crippen molar-refractivity contribution in [3.05, 3.63) is 63.2 Å². The Bertz CT molecular complexity index is 692. The van der Waals surface area contributed by atoms with E-state index >= 15 is 0 Å². The molecule has 1 aliphatic heterocycles. The lowest BCUT2D eigenvalue weighted by atomic mass is 10.0. The molecule has 0 amide bonds. The average molecular weight is 322 g/mol. The summed E-state index contributed by atoms with van der Waals surface area (Å²) in [5, 5.41) is 11.3. The minimum Gasteiger partial charge on any atom is -0.485 e. The molecule has 1 aliphatic rings. The van der Waals surface area contributed by atoms with Crippen LogP contribution in [0.4, 0.5) is 5.69 Å². The first kappa shape index (κ1) is 14.2. The van der Waals surface area contributed by atoms with Crippen molar-refractivity contribution >= 4 is 29.1 Å². The largest absolute Gasteiger partial charge is 0.485 e. The molecule has 1 atom stereocenters. The van der Waals surface area contributed by atoms with Crippen LogP contribution >= 0.6 is 23.4 Å². The highest BCUT2D eigenvalue weighted by Gasteiger charge is 2.25. The maximum Gasteiger partial charge on any atom is 0.312 e. The van der Waals surface area contributed by atoms with Gasteiger partial charge in [0, 0.05) is 22.6 Å². The van der Waals surface area contributed by atoms with Crippen LogP contribution in [0.1, 0.15) is 11.5 Å². The SMILES string of the molecule is O=[N+]([O-])c1cccc(Cl)c1OCC1CSc2ccccc21. The molecular weight excluding hydrogens is 310 g/mol. The monoisotopic (exact) mass is 321 g/mol. The zero-order chi connectivity index (χ0) is 14.8. The molecule has 0 spiro atoms. The van der Waals surface area contributed by atoms with Gasteiger partial charge in [0.1, 0.15) is 0 Å². The van der Waals surface area contributed by atoms with E-state index in [1.54, 1.807) is 23.9 Å². The van der Waals surface area contributed by atoms with Crippen LogP contribution < -0.4 is 4.74 Å². The number of rotatable bonds is 4. The molecule has 0 saturated heterocycles. The molecule has 0 aliphatic carbocycles. The van der Waals surface area contributed by atoms with Crippen LogP contribution in [0.25, 0.3) is 0 Å². The Morgan fingerprint density at radius 1 is 1.29 bits per heavy atom. The zero-order valence-electron chi connectivity index (χ0n) is 11.0. The van der Waals surface area contributed by atoms with Gasteiger partial charge in [0.05, 0.1) is 16.6 Å². The van der Waals surface area contributed by atoms with Crippen molar-refractivity contribution in [3.8, 4) is 5.75 Å². The Labute approximate surface area is 131 Å². The van der Waals surface area contributed by atoms with E-state index in [1.807, 2.05) is 12.1 Å². The van der Waals surface area contributed by atoms with Crippen molar-refractivity contribution in [1.29, 1.82) is 0 Å². The number of nitro benzene ring substituents is 1. The third kappa shape index (κ3) is 2.84. The van der Waals surface area contributed by atoms with Gasteiger partial charge < -0.3 is 4.74 Å². The van der Waals surface area contributed by atoms with Gasteiger partial charge in [-0.1, -0.05) is 35.9 Å². The second-order valence-electron chi connectivity index (χ2n) is 4.70. The topological polar surface area (TPSA) is 52.4 Å². The Morgan fingerprint density at radius 2 is 2.10 bits per heavy atom. The summed E-state index contributed by atoms with van der Waals surface area (Å²) in [6.07, 6.45) is 0. The summed E-state index contributed by atoms with van der Waals surface area (Å²) in [7, 11) is 0. The van der Waals surface area contributed by atoms with Crippen molar-refractivity contribution in [2.75, 3.05) is 12.4 Å². The fourth-order valence-electron chi connectivity index (χ4n) is 2.34. The lowest BCUT2D eigenvalue weighted by Gasteiger charge is -2.13. The van der Waals surface area contributed by atoms with Crippen LogP contribution in [0.2, 0.25) is 5.02 Å². The number of fused-ring (bicyclic) bond motifs is 1. The van der Waals surface area contributed by atoms with Crippen LogP contribution in [-0.4, -0.2) is 17.3 Å². The van der Waals surface area contributed by atoms with Gasteiger partial charge in [0.25, 0.3) is 0 Å².